The molecule has 0 saturated heterocycles. The molecule has 0 spiro atoms. The van der Waals surface area contributed by atoms with E-state index in [4.69, 9.17) is 65.5 Å². The molecular formula is C19H25Cl4NO4. The number of rotatable bonds is 11. The summed E-state index contributed by atoms with van der Waals surface area (Å²) in [6.45, 7) is 9.16. The van der Waals surface area contributed by atoms with Crippen molar-refractivity contribution >= 4 is 52.1 Å². The van der Waals surface area contributed by atoms with Crippen LogP contribution in [0.4, 0.5) is 0 Å². The first-order chi connectivity index (χ1) is 13.1. The Balaban J connectivity index is 2.36. The second kappa shape index (κ2) is 12.7. The highest BCUT2D eigenvalue weighted by atomic mass is 35.5. The zero-order valence-electron chi connectivity index (χ0n) is 16.4. The van der Waals surface area contributed by atoms with Crippen molar-refractivity contribution in [2.45, 2.75) is 39.7 Å². The van der Waals surface area contributed by atoms with Crippen LogP contribution in [-0.4, -0.2) is 37.7 Å². The first-order valence-corrected chi connectivity index (χ1v) is 10.1. The second-order valence-electron chi connectivity index (χ2n) is 6.81. The average molecular weight is 473 g/mol. The molecule has 9 heteroatoms. The molecule has 28 heavy (non-hydrogen) atoms. The van der Waals surface area contributed by atoms with Crippen LogP contribution in [0.5, 0.6) is 11.5 Å². The molecule has 158 valence electrons. The Bertz CT molecular complexity index is 660. The third-order valence-electron chi connectivity index (χ3n) is 2.93. The molecule has 0 fully saturated rings. The van der Waals surface area contributed by atoms with E-state index in [2.05, 4.69) is 5.16 Å². The van der Waals surface area contributed by atoms with Gasteiger partial charge in [-0.3, -0.25) is 0 Å². The van der Waals surface area contributed by atoms with E-state index in [0.717, 1.165) is 5.71 Å². The van der Waals surface area contributed by atoms with Crippen molar-refractivity contribution < 1.29 is 19.0 Å². The maximum Gasteiger partial charge on any atom is 0.156 e. The Morgan fingerprint density at radius 2 is 1.71 bits per heavy atom. The topological polar surface area (TPSA) is 49.3 Å². The highest BCUT2D eigenvalue weighted by Crippen LogP contribution is 2.37. The van der Waals surface area contributed by atoms with E-state index in [1.807, 2.05) is 27.7 Å². The molecule has 0 saturated carbocycles. The van der Waals surface area contributed by atoms with Crippen LogP contribution in [0.25, 0.3) is 0 Å². The number of nitrogens with zero attached hydrogens (tertiary/aromatic N) is 1. The molecule has 0 bridgehead atoms. The van der Waals surface area contributed by atoms with E-state index in [-0.39, 0.29) is 16.7 Å². The standard InChI is InChI=1S/C19H25Cl4NO4/c1-13(24-28-19(2,3)4)12-25-7-5-8-27-18-15(20)10-14(11-16(18)21)26-9-6-17(22)23/h6,10-11H,5,7-9,12H2,1-4H3. The summed E-state index contributed by atoms with van der Waals surface area (Å²) in [5.41, 5.74) is 0.449. The predicted molar refractivity (Wildman–Crippen MR) is 117 cm³/mol. The Labute approximate surface area is 186 Å². The maximum absolute atomic E-state index is 6.21. The smallest absolute Gasteiger partial charge is 0.156 e. The van der Waals surface area contributed by atoms with Gasteiger partial charge in [0.1, 0.15) is 22.4 Å². The lowest BCUT2D eigenvalue weighted by Crippen LogP contribution is -2.17. The number of benzene rings is 1. The maximum atomic E-state index is 6.21. The first-order valence-electron chi connectivity index (χ1n) is 8.63. The van der Waals surface area contributed by atoms with Crippen LogP contribution in [0.2, 0.25) is 10.0 Å². The van der Waals surface area contributed by atoms with E-state index >= 15 is 0 Å². The molecule has 0 aliphatic carbocycles. The molecule has 1 aromatic rings. The van der Waals surface area contributed by atoms with Gasteiger partial charge < -0.3 is 19.0 Å². The summed E-state index contributed by atoms with van der Waals surface area (Å²) >= 11 is 23.5. The zero-order valence-corrected chi connectivity index (χ0v) is 19.4. The summed E-state index contributed by atoms with van der Waals surface area (Å²) in [4.78, 5) is 5.33. The van der Waals surface area contributed by atoms with Gasteiger partial charge in [-0.25, -0.2) is 0 Å². The first kappa shape index (κ1) is 25.2. The fourth-order valence-electron chi connectivity index (χ4n) is 1.76. The Morgan fingerprint density at radius 3 is 2.29 bits per heavy atom. The van der Waals surface area contributed by atoms with Crippen molar-refractivity contribution in [2.75, 3.05) is 26.4 Å². The van der Waals surface area contributed by atoms with E-state index in [0.29, 0.717) is 47.8 Å². The van der Waals surface area contributed by atoms with Gasteiger partial charge in [0.15, 0.2) is 5.75 Å². The van der Waals surface area contributed by atoms with E-state index < -0.39 is 0 Å². The quantitative estimate of drug-likeness (QED) is 0.205. The zero-order chi connectivity index (χ0) is 21.2. The van der Waals surface area contributed by atoms with Crippen LogP contribution in [0.3, 0.4) is 0 Å². The van der Waals surface area contributed by atoms with Gasteiger partial charge in [0, 0.05) is 18.6 Å². The highest BCUT2D eigenvalue weighted by molar-refractivity contribution is 6.55. The van der Waals surface area contributed by atoms with Crippen LogP contribution in [-0.2, 0) is 9.57 Å². The lowest BCUT2D eigenvalue weighted by atomic mass is 10.2. The van der Waals surface area contributed by atoms with Gasteiger partial charge in [0.2, 0.25) is 0 Å². The van der Waals surface area contributed by atoms with Crippen molar-refractivity contribution in [2.24, 2.45) is 5.16 Å². The van der Waals surface area contributed by atoms with Gasteiger partial charge in [-0.2, -0.15) is 0 Å². The van der Waals surface area contributed by atoms with Crippen molar-refractivity contribution in [3.05, 3.63) is 32.7 Å². The van der Waals surface area contributed by atoms with Gasteiger partial charge in [-0.05, 0) is 33.8 Å². The number of ether oxygens (including phenoxy) is 3. The van der Waals surface area contributed by atoms with Crippen LogP contribution in [0, 0.1) is 0 Å². The minimum Gasteiger partial charge on any atom is -0.490 e. The van der Waals surface area contributed by atoms with Crippen LogP contribution in [0.15, 0.2) is 27.9 Å². The molecule has 0 N–H and O–H groups in total. The molecular weight excluding hydrogens is 448 g/mol. The van der Waals surface area contributed by atoms with Crippen molar-refractivity contribution in [3.63, 3.8) is 0 Å². The molecule has 0 aliphatic rings. The molecule has 5 nitrogen and oxygen atoms in total. The molecule has 0 atom stereocenters. The van der Waals surface area contributed by atoms with Gasteiger partial charge in [0.25, 0.3) is 0 Å². The molecule has 1 rings (SSSR count). The fraction of sp³-hybridized carbons (Fsp3) is 0.526. The van der Waals surface area contributed by atoms with Crippen molar-refractivity contribution in [1.82, 2.24) is 0 Å². The van der Waals surface area contributed by atoms with Crippen LogP contribution in [0.1, 0.15) is 34.1 Å². The Hall–Kier alpha value is -0.850. The second-order valence-corrected chi connectivity index (χ2v) is 8.63. The van der Waals surface area contributed by atoms with Gasteiger partial charge >= 0.3 is 0 Å². The highest BCUT2D eigenvalue weighted by Gasteiger charge is 2.11. The minimum absolute atomic E-state index is 0.127. The number of hydrogen-bond acceptors (Lipinski definition) is 5. The minimum atomic E-state index is -0.317. The summed E-state index contributed by atoms with van der Waals surface area (Å²) in [5.74, 6) is 0.890. The third-order valence-corrected chi connectivity index (χ3v) is 3.80. The lowest BCUT2D eigenvalue weighted by Gasteiger charge is -2.16. The van der Waals surface area contributed by atoms with Gasteiger partial charge in [0.05, 0.1) is 35.6 Å². The van der Waals surface area contributed by atoms with Gasteiger partial charge in [-0.1, -0.05) is 51.6 Å². The summed E-state index contributed by atoms with van der Waals surface area (Å²) < 4.78 is 16.8. The predicted octanol–water partition coefficient (Wildman–Crippen LogP) is 6.67. The van der Waals surface area contributed by atoms with Crippen molar-refractivity contribution in [1.29, 1.82) is 0 Å². The van der Waals surface area contributed by atoms with Crippen LogP contribution < -0.4 is 9.47 Å². The van der Waals surface area contributed by atoms with Crippen LogP contribution >= 0.6 is 46.4 Å². The summed E-state index contributed by atoms with van der Waals surface area (Å²) in [5, 5.41) is 4.73. The van der Waals surface area contributed by atoms with Gasteiger partial charge in [-0.15, -0.1) is 0 Å². The monoisotopic (exact) mass is 471 g/mol. The number of halogens is 4. The molecule has 0 aromatic heterocycles. The number of hydrogen-bond donors (Lipinski definition) is 0. The largest absolute Gasteiger partial charge is 0.490 e. The SMILES string of the molecule is CC(COCCCOc1c(Cl)cc(OCC=C(Cl)Cl)cc1Cl)=NOC(C)(C)C. The normalized spacial score (nSPS) is 11.9. The fourth-order valence-corrected chi connectivity index (χ4v) is 2.46. The Kier molecular flexibility index (Phi) is 11.4. The molecule has 0 radical (unpaired) electrons. The molecule has 0 aliphatic heterocycles. The summed E-state index contributed by atoms with van der Waals surface area (Å²) in [6, 6.07) is 3.23. The van der Waals surface area contributed by atoms with E-state index in [1.54, 1.807) is 12.1 Å². The lowest BCUT2D eigenvalue weighted by molar-refractivity contribution is -0.000678. The molecule has 0 unspecified atom stereocenters. The average Bonchev–Trinajstić information content (AvgIpc) is 2.57. The summed E-state index contributed by atoms with van der Waals surface area (Å²) in [6.07, 6.45) is 2.17. The molecule has 0 heterocycles. The Morgan fingerprint density at radius 1 is 1.07 bits per heavy atom. The summed E-state index contributed by atoms with van der Waals surface area (Å²) in [7, 11) is 0. The van der Waals surface area contributed by atoms with E-state index in [9.17, 15) is 0 Å². The molecule has 1 aromatic carbocycles. The van der Waals surface area contributed by atoms with Crippen molar-refractivity contribution in [3.8, 4) is 11.5 Å². The number of oxime groups is 1. The third kappa shape index (κ3) is 11.2. The molecule has 0 amide bonds. The van der Waals surface area contributed by atoms with E-state index in [1.165, 1.54) is 6.08 Å².